The van der Waals surface area contributed by atoms with Gasteiger partial charge >= 0.3 is 0 Å². The fourth-order valence-corrected chi connectivity index (χ4v) is 2.68. The Morgan fingerprint density at radius 3 is 2.56 bits per heavy atom. The third-order valence-electron chi connectivity index (χ3n) is 2.97. The lowest BCUT2D eigenvalue weighted by atomic mass is 10.0. The summed E-state index contributed by atoms with van der Waals surface area (Å²) in [6, 6.07) is 8.68. The van der Waals surface area contributed by atoms with Crippen LogP contribution in [0.5, 0.6) is 0 Å². The van der Waals surface area contributed by atoms with Crippen LogP contribution in [0.3, 0.4) is 0 Å². The van der Waals surface area contributed by atoms with Gasteiger partial charge in [-0.25, -0.2) is 10.8 Å². The highest BCUT2D eigenvalue weighted by atomic mass is 32.1. The van der Waals surface area contributed by atoms with E-state index in [0.29, 0.717) is 0 Å². The largest absolute Gasteiger partial charge is 0.300 e. The predicted molar refractivity (Wildman–Crippen MR) is 78.7 cm³/mol. The van der Waals surface area contributed by atoms with Gasteiger partial charge < -0.3 is 0 Å². The minimum absolute atomic E-state index is 0.762. The van der Waals surface area contributed by atoms with Crippen LogP contribution in [0.4, 0.5) is 5.13 Å². The van der Waals surface area contributed by atoms with Gasteiger partial charge in [0.05, 0.1) is 5.69 Å². The van der Waals surface area contributed by atoms with Gasteiger partial charge in [-0.1, -0.05) is 37.6 Å². The van der Waals surface area contributed by atoms with E-state index in [4.69, 9.17) is 5.84 Å². The van der Waals surface area contributed by atoms with Crippen LogP contribution in [0.15, 0.2) is 24.3 Å². The number of aromatic nitrogens is 1. The van der Waals surface area contributed by atoms with Gasteiger partial charge in [-0.15, -0.1) is 11.3 Å². The Morgan fingerprint density at radius 1 is 1.28 bits per heavy atom. The van der Waals surface area contributed by atoms with E-state index in [1.54, 1.807) is 11.3 Å². The molecule has 4 heteroatoms. The van der Waals surface area contributed by atoms with Crippen LogP contribution in [-0.4, -0.2) is 4.98 Å². The van der Waals surface area contributed by atoms with Crippen molar-refractivity contribution in [3.8, 4) is 11.3 Å². The number of anilines is 1. The number of rotatable bonds is 5. The summed E-state index contributed by atoms with van der Waals surface area (Å²) in [6.07, 6.45) is 3.64. The van der Waals surface area contributed by atoms with Gasteiger partial charge in [0.15, 0.2) is 5.13 Å². The maximum Gasteiger partial charge on any atom is 0.197 e. The van der Waals surface area contributed by atoms with Crippen LogP contribution in [0, 0.1) is 6.92 Å². The zero-order valence-electron chi connectivity index (χ0n) is 10.9. The van der Waals surface area contributed by atoms with Crippen molar-refractivity contribution in [2.75, 3.05) is 5.43 Å². The smallest absolute Gasteiger partial charge is 0.197 e. The molecule has 0 amide bonds. The minimum atomic E-state index is 0.762. The SMILES string of the molecule is CCCCc1ccc(-c2nc(NN)sc2C)cc1. The second-order valence-corrected chi connectivity index (χ2v) is 5.57. The van der Waals surface area contributed by atoms with E-state index < -0.39 is 0 Å². The molecule has 0 unspecified atom stereocenters. The number of aryl methyl sites for hydroxylation is 2. The molecular formula is C14H19N3S. The van der Waals surface area contributed by atoms with Crippen molar-refractivity contribution in [3.63, 3.8) is 0 Å². The monoisotopic (exact) mass is 261 g/mol. The highest BCUT2D eigenvalue weighted by molar-refractivity contribution is 7.15. The Hall–Kier alpha value is -1.39. The third-order valence-corrected chi connectivity index (χ3v) is 3.87. The van der Waals surface area contributed by atoms with Crippen molar-refractivity contribution in [2.45, 2.75) is 33.1 Å². The van der Waals surface area contributed by atoms with Gasteiger partial charge in [-0.05, 0) is 25.3 Å². The second kappa shape index (κ2) is 5.98. The molecule has 0 atom stereocenters. The van der Waals surface area contributed by atoms with E-state index in [9.17, 15) is 0 Å². The Morgan fingerprint density at radius 2 is 2.00 bits per heavy atom. The minimum Gasteiger partial charge on any atom is -0.300 e. The average molecular weight is 261 g/mol. The van der Waals surface area contributed by atoms with E-state index in [0.717, 1.165) is 22.8 Å². The molecule has 0 aliphatic heterocycles. The summed E-state index contributed by atoms with van der Waals surface area (Å²) < 4.78 is 0. The summed E-state index contributed by atoms with van der Waals surface area (Å²) in [6.45, 7) is 4.28. The molecular weight excluding hydrogens is 242 g/mol. The summed E-state index contributed by atoms with van der Waals surface area (Å²) in [5.74, 6) is 5.39. The number of nitrogens with two attached hydrogens (primary N) is 1. The number of hydrogen-bond acceptors (Lipinski definition) is 4. The molecule has 0 saturated heterocycles. The fraction of sp³-hybridized carbons (Fsp3) is 0.357. The van der Waals surface area contributed by atoms with Crippen LogP contribution in [0.2, 0.25) is 0 Å². The van der Waals surface area contributed by atoms with Crippen LogP contribution in [-0.2, 0) is 6.42 Å². The molecule has 0 fully saturated rings. The molecule has 96 valence electrons. The van der Waals surface area contributed by atoms with Crippen molar-refractivity contribution < 1.29 is 0 Å². The number of thiazole rings is 1. The summed E-state index contributed by atoms with van der Waals surface area (Å²) in [5.41, 5.74) is 6.18. The van der Waals surface area contributed by atoms with Crippen LogP contribution in [0.1, 0.15) is 30.2 Å². The summed E-state index contributed by atoms with van der Waals surface area (Å²) in [5, 5.41) is 0.762. The topological polar surface area (TPSA) is 50.9 Å². The van der Waals surface area contributed by atoms with Gasteiger partial charge in [0.1, 0.15) is 0 Å². The zero-order chi connectivity index (χ0) is 13.0. The van der Waals surface area contributed by atoms with Gasteiger partial charge in [0.25, 0.3) is 0 Å². The van der Waals surface area contributed by atoms with E-state index in [1.807, 2.05) is 0 Å². The van der Waals surface area contributed by atoms with Crippen molar-refractivity contribution in [1.29, 1.82) is 0 Å². The first-order valence-corrected chi connectivity index (χ1v) is 7.09. The predicted octanol–water partition coefficient (Wildman–Crippen LogP) is 3.75. The highest BCUT2D eigenvalue weighted by Crippen LogP contribution is 2.30. The molecule has 1 aromatic carbocycles. The number of hydrazine groups is 1. The maximum atomic E-state index is 5.39. The molecule has 0 aliphatic carbocycles. The average Bonchev–Trinajstić information content (AvgIpc) is 2.78. The molecule has 2 rings (SSSR count). The molecule has 1 aromatic heterocycles. The zero-order valence-corrected chi connectivity index (χ0v) is 11.7. The van der Waals surface area contributed by atoms with Gasteiger partial charge in [0.2, 0.25) is 0 Å². The Bertz CT molecular complexity index is 502. The Labute approximate surface area is 112 Å². The molecule has 2 aromatic rings. The van der Waals surface area contributed by atoms with Gasteiger partial charge in [-0.2, -0.15) is 0 Å². The molecule has 0 aliphatic rings. The molecule has 1 heterocycles. The van der Waals surface area contributed by atoms with Crippen molar-refractivity contribution in [2.24, 2.45) is 5.84 Å². The van der Waals surface area contributed by atoms with Crippen molar-refractivity contribution in [3.05, 3.63) is 34.7 Å². The summed E-state index contributed by atoms with van der Waals surface area (Å²) in [7, 11) is 0. The van der Waals surface area contributed by atoms with E-state index in [2.05, 4.69) is 48.5 Å². The van der Waals surface area contributed by atoms with Crippen molar-refractivity contribution >= 4 is 16.5 Å². The quantitative estimate of drug-likeness (QED) is 0.636. The maximum absolute atomic E-state index is 5.39. The van der Waals surface area contributed by atoms with E-state index in [-0.39, 0.29) is 0 Å². The van der Waals surface area contributed by atoms with Crippen LogP contribution in [0.25, 0.3) is 11.3 Å². The van der Waals surface area contributed by atoms with Crippen molar-refractivity contribution in [1.82, 2.24) is 4.98 Å². The molecule has 3 nitrogen and oxygen atoms in total. The number of nitrogen functional groups attached to an aromatic ring is 1. The number of unbranched alkanes of at least 4 members (excludes halogenated alkanes) is 1. The number of nitrogens with zero attached hydrogens (tertiary/aromatic N) is 1. The van der Waals surface area contributed by atoms with Gasteiger partial charge in [0, 0.05) is 10.4 Å². The van der Waals surface area contributed by atoms with E-state index >= 15 is 0 Å². The van der Waals surface area contributed by atoms with Crippen LogP contribution >= 0.6 is 11.3 Å². The first-order valence-electron chi connectivity index (χ1n) is 6.28. The van der Waals surface area contributed by atoms with Crippen LogP contribution < -0.4 is 11.3 Å². The third kappa shape index (κ3) is 2.89. The van der Waals surface area contributed by atoms with E-state index in [1.165, 1.54) is 23.3 Å². The standard InChI is InChI=1S/C14H19N3S/c1-3-4-5-11-6-8-12(9-7-11)13-10(2)18-14(16-13)17-15/h6-9H,3-5,15H2,1-2H3,(H,16,17). The van der Waals surface area contributed by atoms with Gasteiger partial charge in [-0.3, -0.25) is 5.43 Å². The summed E-state index contributed by atoms with van der Waals surface area (Å²) >= 11 is 1.58. The molecule has 0 spiro atoms. The lowest BCUT2D eigenvalue weighted by Crippen LogP contribution is -2.05. The summed E-state index contributed by atoms with van der Waals surface area (Å²) in [4.78, 5) is 5.66. The molecule has 3 N–H and O–H groups in total. The normalized spacial score (nSPS) is 10.6. The number of nitrogens with one attached hydrogen (secondary N) is 1. The lowest BCUT2D eigenvalue weighted by Gasteiger charge is -2.02. The first-order chi connectivity index (χ1) is 8.74. The fourth-order valence-electron chi connectivity index (χ4n) is 1.94. The Balaban J connectivity index is 2.20. The lowest BCUT2D eigenvalue weighted by molar-refractivity contribution is 0.795. The molecule has 0 radical (unpaired) electrons. The molecule has 0 bridgehead atoms. The molecule has 0 saturated carbocycles. The highest BCUT2D eigenvalue weighted by Gasteiger charge is 2.08. The Kier molecular flexibility index (Phi) is 4.33. The first kappa shape index (κ1) is 13.1. The number of hydrogen-bond donors (Lipinski definition) is 2. The second-order valence-electron chi connectivity index (χ2n) is 4.37. The molecule has 18 heavy (non-hydrogen) atoms. The number of benzene rings is 1.